The maximum absolute atomic E-state index is 10.0. The smallest absolute Gasteiger partial charge is 0.0813 e. The molecule has 0 aliphatic rings. The van der Waals surface area contributed by atoms with Crippen LogP contribution in [0.15, 0.2) is 24.3 Å². The molecule has 0 aliphatic heterocycles. The van der Waals surface area contributed by atoms with E-state index < -0.39 is 5.60 Å². The molecule has 0 aliphatic carbocycles. The molecule has 0 aromatic heterocycles. The fourth-order valence-electron chi connectivity index (χ4n) is 1.05. The third-order valence-corrected chi connectivity index (χ3v) is 2.99. The first-order valence-corrected chi connectivity index (χ1v) is 5.51. The molecule has 1 atom stereocenters. The van der Waals surface area contributed by atoms with E-state index in [0.29, 0.717) is 6.54 Å². The Morgan fingerprint density at radius 3 is 2.33 bits per heavy atom. The number of aliphatic hydroxyl groups is 1. The van der Waals surface area contributed by atoms with Gasteiger partial charge in [0.05, 0.1) is 5.60 Å². The molecule has 3 heteroatoms. The van der Waals surface area contributed by atoms with E-state index in [1.807, 2.05) is 45.0 Å². The summed E-state index contributed by atoms with van der Waals surface area (Å²) in [5.41, 5.74) is 0.278. The minimum absolute atomic E-state index is 0.220. The van der Waals surface area contributed by atoms with E-state index >= 15 is 0 Å². The van der Waals surface area contributed by atoms with Crippen molar-refractivity contribution in [2.45, 2.75) is 26.4 Å². The molecule has 84 valence electrons. The van der Waals surface area contributed by atoms with Crippen LogP contribution in [0, 0.1) is 5.92 Å². The Labute approximate surface area is 96.3 Å². The zero-order valence-electron chi connectivity index (χ0n) is 9.42. The van der Waals surface area contributed by atoms with Crippen LogP contribution in [0.4, 0.5) is 5.69 Å². The Bertz CT molecular complexity index is 306. The minimum atomic E-state index is -0.695. The predicted octanol–water partition coefficient (Wildman–Crippen LogP) is 3.16. The van der Waals surface area contributed by atoms with E-state index in [2.05, 4.69) is 5.32 Å². The summed E-state index contributed by atoms with van der Waals surface area (Å²) in [6, 6.07) is 7.46. The normalized spacial score (nSPS) is 15.1. The predicted molar refractivity (Wildman–Crippen MR) is 65.4 cm³/mol. The molecule has 1 aromatic rings. The van der Waals surface area contributed by atoms with Gasteiger partial charge in [0.1, 0.15) is 0 Å². The molecule has 0 radical (unpaired) electrons. The van der Waals surface area contributed by atoms with Gasteiger partial charge in [-0.05, 0) is 37.1 Å². The maximum atomic E-state index is 10.0. The number of hydrogen-bond acceptors (Lipinski definition) is 2. The highest BCUT2D eigenvalue weighted by atomic mass is 35.5. The van der Waals surface area contributed by atoms with Gasteiger partial charge in [0.25, 0.3) is 0 Å². The van der Waals surface area contributed by atoms with Gasteiger partial charge < -0.3 is 10.4 Å². The summed E-state index contributed by atoms with van der Waals surface area (Å²) in [6.07, 6.45) is 0. The second kappa shape index (κ2) is 4.86. The molecule has 2 N–H and O–H groups in total. The van der Waals surface area contributed by atoms with Crippen molar-refractivity contribution in [2.75, 3.05) is 11.9 Å². The van der Waals surface area contributed by atoms with E-state index in [0.717, 1.165) is 10.7 Å². The Balaban J connectivity index is 2.54. The van der Waals surface area contributed by atoms with Crippen LogP contribution in [-0.4, -0.2) is 17.3 Å². The van der Waals surface area contributed by atoms with E-state index in [4.69, 9.17) is 11.6 Å². The van der Waals surface area contributed by atoms with Crippen molar-refractivity contribution in [1.29, 1.82) is 0 Å². The summed E-state index contributed by atoms with van der Waals surface area (Å²) in [5, 5.41) is 13.9. The molecule has 1 unspecified atom stereocenters. The Morgan fingerprint density at radius 1 is 1.33 bits per heavy atom. The van der Waals surface area contributed by atoms with Crippen molar-refractivity contribution in [3.8, 4) is 0 Å². The highest BCUT2D eigenvalue weighted by Gasteiger charge is 2.24. The molecule has 0 spiro atoms. The van der Waals surface area contributed by atoms with Gasteiger partial charge in [-0.15, -0.1) is 0 Å². The average Bonchev–Trinajstić information content (AvgIpc) is 2.17. The van der Waals surface area contributed by atoms with Crippen LogP contribution in [0.1, 0.15) is 20.8 Å². The Kier molecular flexibility index (Phi) is 4.00. The minimum Gasteiger partial charge on any atom is -0.388 e. The molecule has 0 heterocycles. The summed E-state index contributed by atoms with van der Waals surface area (Å²) in [4.78, 5) is 0. The zero-order valence-corrected chi connectivity index (χ0v) is 10.2. The van der Waals surface area contributed by atoms with Crippen LogP contribution >= 0.6 is 11.6 Å². The highest BCUT2D eigenvalue weighted by Crippen LogP contribution is 2.18. The fraction of sp³-hybridized carbons (Fsp3) is 0.500. The van der Waals surface area contributed by atoms with Gasteiger partial charge in [0.15, 0.2) is 0 Å². The van der Waals surface area contributed by atoms with Crippen molar-refractivity contribution in [2.24, 2.45) is 5.92 Å². The molecule has 0 amide bonds. The van der Waals surface area contributed by atoms with E-state index in [1.54, 1.807) is 0 Å². The van der Waals surface area contributed by atoms with Crippen molar-refractivity contribution in [3.63, 3.8) is 0 Å². The highest BCUT2D eigenvalue weighted by molar-refractivity contribution is 6.30. The van der Waals surface area contributed by atoms with Crippen LogP contribution in [0.2, 0.25) is 5.02 Å². The van der Waals surface area contributed by atoms with Crippen LogP contribution < -0.4 is 5.32 Å². The van der Waals surface area contributed by atoms with Gasteiger partial charge in [0.2, 0.25) is 0 Å². The van der Waals surface area contributed by atoms with Crippen LogP contribution in [-0.2, 0) is 0 Å². The summed E-state index contributed by atoms with van der Waals surface area (Å²) in [5.74, 6) is 0.220. The molecule has 2 nitrogen and oxygen atoms in total. The van der Waals surface area contributed by atoms with Crippen molar-refractivity contribution in [1.82, 2.24) is 0 Å². The average molecular weight is 228 g/mol. The first kappa shape index (κ1) is 12.3. The van der Waals surface area contributed by atoms with E-state index in [9.17, 15) is 5.11 Å². The molecule has 15 heavy (non-hydrogen) atoms. The molecule has 0 bridgehead atoms. The van der Waals surface area contributed by atoms with Gasteiger partial charge in [-0.3, -0.25) is 0 Å². The van der Waals surface area contributed by atoms with Gasteiger partial charge in [-0.1, -0.05) is 25.4 Å². The largest absolute Gasteiger partial charge is 0.388 e. The lowest BCUT2D eigenvalue weighted by molar-refractivity contribution is 0.0266. The summed E-state index contributed by atoms with van der Waals surface area (Å²) in [7, 11) is 0. The van der Waals surface area contributed by atoms with Gasteiger partial charge in [-0.25, -0.2) is 0 Å². The monoisotopic (exact) mass is 227 g/mol. The lowest BCUT2D eigenvalue weighted by Gasteiger charge is -2.28. The number of nitrogens with one attached hydrogen (secondary N) is 1. The SMILES string of the molecule is CC(C)C(C)(O)CNc1ccc(Cl)cc1. The second-order valence-electron chi connectivity index (χ2n) is 4.37. The second-order valence-corrected chi connectivity index (χ2v) is 4.81. The Morgan fingerprint density at radius 2 is 1.87 bits per heavy atom. The van der Waals surface area contributed by atoms with Gasteiger partial charge in [0, 0.05) is 17.3 Å². The summed E-state index contributed by atoms with van der Waals surface area (Å²) in [6.45, 7) is 6.37. The summed E-state index contributed by atoms with van der Waals surface area (Å²) >= 11 is 5.78. The van der Waals surface area contributed by atoms with E-state index in [-0.39, 0.29) is 5.92 Å². The number of rotatable bonds is 4. The van der Waals surface area contributed by atoms with Crippen LogP contribution in [0.3, 0.4) is 0 Å². The number of anilines is 1. The third kappa shape index (κ3) is 3.73. The van der Waals surface area contributed by atoms with Crippen molar-refractivity contribution in [3.05, 3.63) is 29.3 Å². The molecule has 1 rings (SSSR count). The molecule has 0 saturated carbocycles. The van der Waals surface area contributed by atoms with Crippen molar-refractivity contribution < 1.29 is 5.11 Å². The first-order valence-electron chi connectivity index (χ1n) is 5.13. The maximum Gasteiger partial charge on any atom is 0.0813 e. The van der Waals surface area contributed by atoms with Crippen LogP contribution in [0.25, 0.3) is 0 Å². The lowest BCUT2D eigenvalue weighted by atomic mass is 9.92. The molecule has 0 saturated heterocycles. The summed E-state index contributed by atoms with van der Waals surface area (Å²) < 4.78 is 0. The first-order chi connectivity index (χ1) is 6.92. The molecule has 1 aromatic carbocycles. The van der Waals surface area contributed by atoms with Crippen molar-refractivity contribution >= 4 is 17.3 Å². The van der Waals surface area contributed by atoms with Crippen LogP contribution in [0.5, 0.6) is 0 Å². The quantitative estimate of drug-likeness (QED) is 0.828. The molecular weight excluding hydrogens is 210 g/mol. The van der Waals surface area contributed by atoms with E-state index in [1.165, 1.54) is 0 Å². The zero-order chi connectivity index (χ0) is 11.5. The molecular formula is C12H18ClNO. The molecule has 0 fully saturated rings. The van der Waals surface area contributed by atoms with Gasteiger partial charge >= 0.3 is 0 Å². The third-order valence-electron chi connectivity index (χ3n) is 2.74. The number of hydrogen-bond donors (Lipinski definition) is 2. The Hall–Kier alpha value is -0.730. The number of halogens is 1. The topological polar surface area (TPSA) is 32.3 Å². The van der Waals surface area contributed by atoms with Gasteiger partial charge in [-0.2, -0.15) is 0 Å². The standard InChI is InChI=1S/C12H18ClNO/c1-9(2)12(3,15)8-14-11-6-4-10(13)5-7-11/h4-7,9,14-15H,8H2,1-3H3. The lowest BCUT2D eigenvalue weighted by Crippen LogP contribution is -2.38. The number of benzene rings is 1. The fourth-order valence-corrected chi connectivity index (χ4v) is 1.18.